The van der Waals surface area contributed by atoms with E-state index in [9.17, 15) is 28.8 Å². The molecule has 0 amide bonds. The zero-order valence-corrected chi connectivity index (χ0v) is 18.0. The maximum absolute atomic E-state index is 12.6. The number of carbonyl (C=O) groups is 6. The van der Waals surface area contributed by atoms with Crippen molar-refractivity contribution in [1.29, 1.82) is 0 Å². The number of carbonyl (C=O) groups excluding carboxylic acids is 6. The molecular weight excluding hydrogens is 436 g/mol. The Morgan fingerprint density at radius 1 is 0.875 bits per heavy atom. The van der Waals surface area contributed by atoms with Crippen molar-refractivity contribution in [1.82, 2.24) is 0 Å². The molecule has 0 aliphatic carbocycles. The van der Waals surface area contributed by atoms with Gasteiger partial charge in [0.25, 0.3) is 0 Å². The van der Waals surface area contributed by atoms with Gasteiger partial charge in [0.15, 0.2) is 17.7 Å². The molecule has 0 saturated carbocycles. The first-order valence-corrected chi connectivity index (χ1v) is 9.48. The number of hydrogen-bond donors (Lipinski definition) is 0. The molecule has 180 valence electrons. The quantitative estimate of drug-likeness (QED) is 0.223. The van der Waals surface area contributed by atoms with Crippen molar-refractivity contribution < 1.29 is 61.9 Å². The minimum Gasteiger partial charge on any atom is -0.463 e. The number of esters is 3. The molecule has 32 heavy (non-hydrogen) atoms. The lowest BCUT2D eigenvalue weighted by Gasteiger charge is -2.26. The van der Waals surface area contributed by atoms with Gasteiger partial charge >= 0.3 is 24.1 Å². The van der Waals surface area contributed by atoms with Crippen molar-refractivity contribution in [2.75, 3.05) is 52.9 Å². The van der Waals surface area contributed by atoms with Crippen LogP contribution in [-0.2, 0) is 57.1 Å². The first kappa shape index (κ1) is 27.0. The summed E-state index contributed by atoms with van der Waals surface area (Å²) in [5.74, 6) is -3.21. The third-order valence-corrected chi connectivity index (χ3v) is 3.70. The Kier molecular flexibility index (Phi) is 11.3. The maximum Gasteiger partial charge on any atom is 0.508 e. The molecule has 1 saturated heterocycles. The number of rotatable bonds is 15. The fraction of sp³-hybridized carbons (Fsp3) is 0.684. The normalized spacial score (nSPS) is 15.3. The van der Waals surface area contributed by atoms with Crippen LogP contribution in [0.1, 0.15) is 20.8 Å². The Labute approximate surface area is 183 Å². The predicted molar refractivity (Wildman–Crippen MR) is 100 cm³/mol. The summed E-state index contributed by atoms with van der Waals surface area (Å²) < 4.78 is 34.1. The van der Waals surface area contributed by atoms with Gasteiger partial charge in [0.2, 0.25) is 0 Å². The molecule has 0 aromatic carbocycles. The van der Waals surface area contributed by atoms with Gasteiger partial charge in [-0.3, -0.25) is 14.4 Å². The second-order valence-electron chi connectivity index (χ2n) is 7.17. The van der Waals surface area contributed by atoms with Crippen LogP contribution >= 0.6 is 0 Å². The van der Waals surface area contributed by atoms with Crippen molar-refractivity contribution in [3.63, 3.8) is 0 Å². The molecule has 1 fully saturated rings. The summed E-state index contributed by atoms with van der Waals surface area (Å²) in [6, 6.07) is 0. The van der Waals surface area contributed by atoms with E-state index in [0.717, 1.165) is 0 Å². The van der Waals surface area contributed by atoms with Crippen molar-refractivity contribution >= 4 is 35.6 Å². The number of hydrogen-bond acceptors (Lipinski definition) is 13. The highest BCUT2D eigenvalue weighted by Crippen LogP contribution is 2.21. The minimum absolute atomic E-state index is 0.103. The molecule has 0 bridgehead atoms. The van der Waals surface area contributed by atoms with E-state index in [1.807, 2.05) is 0 Å². The Bertz CT molecular complexity index is 678. The lowest BCUT2D eigenvalue weighted by molar-refractivity contribution is -0.173. The third kappa shape index (κ3) is 10.8. The number of Topliss-reactive ketones (excluding diaryl/α,β-unsaturated/α-hetero) is 2. The third-order valence-electron chi connectivity index (χ3n) is 3.70. The molecule has 1 atom stereocenters. The van der Waals surface area contributed by atoms with Crippen LogP contribution < -0.4 is 0 Å². The zero-order valence-electron chi connectivity index (χ0n) is 18.0. The highest BCUT2D eigenvalue weighted by atomic mass is 16.8. The van der Waals surface area contributed by atoms with Gasteiger partial charge in [-0.15, -0.1) is 0 Å². The number of ether oxygens (including phenoxy) is 7. The smallest absolute Gasteiger partial charge is 0.463 e. The molecule has 0 aromatic rings. The molecule has 13 heteroatoms. The van der Waals surface area contributed by atoms with E-state index in [4.69, 9.17) is 28.4 Å². The summed E-state index contributed by atoms with van der Waals surface area (Å²) in [6.07, 6.45) is -1.70. The van der Waals surface area contributed by atoms with Gasteiger partial charge < -0.3 is 33.2 Å². The van der Waals surface area contributed by atoms with Crippen molar-refractivity contribution in [2.45, 2.75) is 26.9 Å². The monoisotopic (exact) mass is 462 g/mol. The summed E-state index contributed by atoms with van der Waals surface area (Å²) >= 11 is 0. The first-order valence-electron chi connectivity index (χ1n) is 9.48. The van der Waals surface area contributed by atoms with Gasteiger partial charge in [0.1, 0.15) is 58.3 Å². The largest absolute Gasteiger partial charge is 0.508 e. The fourth-order valence-corrected chi connectivity index (χ4v) is 2.07. The Hall–Kier alpha value is -3.06. The van der Waals surface area contributed by atoms with Gasteiger partial charge in [-0.25, -0.2) is 14.4 Å². The van der Waals surface area contributed by atoms with Crippen LogP contribution in [0.3, 0.4) is 0 Å². The molecule has 0 aromatic heterocycles. The topological polar surface area (TPSA) is 167 Å². The number of cyclic esters (lactones) is 2. The van der Waals surface area contributed by atoms with Crippen LogP contribution in [0.4, 0.5) is 4.79 Å². The Morgan fingerprint density at radius 3 is 1.78 bits per heavy atom. The second-order valence-corrected chi connectivity index (χ2v) is 7.17. The van der Waals surface area contributed by atoms with Crippen LogP contribution in [0.5, 0.6) is 0 Å². The number of ketones is 2. The lowest BCUT2D eigenvalue weighted by Crippen LogP contribution is -2.42. The van der Waals surface area contributed by atoms with Gasteiger partial charge in [-0.1, -0.05) is 0 Å². The summed E-state index contributed by atoms with van der Waals surface area (Å²) in [4.78, 5) is 68.8. The molecule has 0 N–H and O–H groups in total. The highest BCUT2D eigenvalue weighted by molar-refractivity contribution is 5.80. The molecule has 1 heterocycles. The maximum atomic E-state index is 12.6. The SMILES string of the molecule is CC(=O)COCC(=O)OCC(C)(COC(=O)COCC(C)=O)C(=O)OCC1COC(=O)O1. The van der Waals surface area contributed by atoms with Crippen molar-refractivity contribution in [2.24, 2.45) is 5.41 Å². The summed E-state index contributed by atoms with van der Waals surface area (Å²) in [7, 11) is 0. The predicted octanol–water partition coefficient (Wildman–Crippen LogP) is -0.631. The van der Waals surface area contributed by atoms with Gasteiger partial charge in [0.05, 0.1) is 0 Å². The van der Waals surface area contributed by atoms with Crippen LogP contribution in [0, 0.1) is 5.41 Å². The molecule has 1 unspecified atom stereocenters. The van der Waals surface area contributed by atoms with Crippen LogP contribution in [0.2, 0.25) is 0 Å². The van der Waals surface area contributed by atoms with E-state index in [-0.39, 0.29) is 38.0 Å². The molecule has 0 radical (unpaired) electrons. The molecule has 1 aliphatic heterocycles. The average Bonchev–Trinajstić information content (AvgIpc) is 3.13. The standard InChI is InChI=1S/C19H26O13/c1-12(20)4-26-8-15(22)30-10-19(3,11-31-16(23)9-27-5-13(2)21)17(24)28-6-14-7-29-18(25)32-14/h14H,4-11H2,1-3H3. The van der Waals surface area contributed by atoms with E-state index in [2.05, 4.69) is 4.74 Å². The Morgan fingerprint density at radius 2 is 1.38 bits per heavy atom. The molecule has 1 rings (SSSR count). The first-order chi connectivity index (χ1) is 15.0. The second kappa shape index (κ2) is 13.4. The summed E-state index contributed by atoms with van der Waals surface area (Å²) in [5, 5.41) is 0. The lowest BCUT2D eigenvalue weighted by atomic mass is 9.93. The van der Waals surface area contributed by atoms with Gasteiger partial charge in [0, 0.05) is 0 Å². The summed E-state index contributed by atoms with van der Waals surface area (Å²) in [5.41, 5.74) is -1.63. The van der Waals surface area contributed by atoms with E-state index in [0.29, 0.717) is 0 Å². The molecule has 13 nitrogen and oxygen atoms in total. The van der Waals surface area contributed by atoms with E-state index in [1.54, 1.807) is 0 Å². The molecular formula is C19H26O13. The molecule has 0 spiro atoms. The van der Waals surface area contributed by atoms with E-state index in [1.165, 1.54) is 20.8 Å². The van der Waals surface area contributed by atoms with Gasteiger partial charge in [-0.05, 0) is 20.8 Å². The van der Waals surface area contributed by atoms with E-state index >= 15 is 0 Å². The van der Waals surface area contributed by atoms with Crippen LogP contribution in [0.15, 0.2) is 0 Å². The minimum atomic E-state index is -1.63. The van der Waals surface area contributed by atoms with Crippen molar-refractivity contribution in [3.8, 4) is 0 Å². The highest BCUT2D eigenvalue weighted by Gasteiger charge is 2.40. The van der Waals surface area contributed by atoms with Crippen LogP contribution in [-0.4, -0.2) is 94.6 Å². The Balaban J connectivity index is 2.63. The average molecular weight is 462 g/mol. The molecule has 1 aliphatic rings. The van der Waals surface area contributed by atoms with Crippen molar-refractivity contribution in [3.05, 3.63) is 0 Å². The van der Waals surface area contributed by atoms with Gasteiger partial charge in [-0.2, -0.15) is 0 Å². The van der Waals surface area contributed by atoms with E-state index < -0.39 is 62.0 Å². The fourth-order valence-electron chi connectivity index (χ4n) is 2.07. The zero-order chi connectivity index (χ0) is 24.1. The summed E-state index contributed by atoms with van der Waals surface area (Å²) in [6.45, 7) is 0.728. The van der Waals surface area contributed by atoms with Crippen LogP contribution in [0.25, 0.3) is 0 Å².